The molecule has 1 aliphatic carbocycles. The van der Waals surface area contributed by atoms with Crippen molar-refractivity contribution >= 4 is 35.1 Å². The second kappa shape index (κ2) is 14.7. The number of hydrogen-bond donors (Lipinski definition) is 5. The molecule has 14 heteroatoms. The molecule has 14 nitrogen and oxygen atoms in total. The van der Waals surface area contributed by atoms with E-state index in [0.29, 0.717) is 12.1 Å². The van der Waals surface area contributed by atoms with Gasteiger partial charge in [0.1, 0.15) is 6.04 Å². The molecule has 8 N–H and O–H groups in total. The lowest BCUT2D eigenvalue weighted by Gasteiger charge is -2.38. The van der Waals surface area contributed by atoms with Gasteiger partial charge in [-0.05, 0) is 37.8 Å². The zero-order valence-electron chi connectivity index (χ0n) is 20.9. The fourth-order valence-electron chi connectivity index (χ4n) is 4.25. The van der Waals surface area contributed by atoms with E-state index in [1.807, 2.05) is 0 Å². The maximum absolute atomic E-state index is 13.3. The third kappa shape index (κ3) is 8.99. The Bertz CT molecular complexity index is 960. The number of nitrogens with two attached hydrogens (primary N) is 3. The first-order valence-electron chi connectivity index (χ1n) is 12.1. The Morgan fingerprint density at radius 3 is 2.35 bits per heavy atom. The number of carbonyl (C=O) groups is 3. The van der Waals surface area contributed by atoms with E-state index >= 15 is 0 Å². The third-order valence-corrected chi connectivity index (χ3v) is 6.05. The summed E-state index contributed by atoms with van der Waals surface area (Å²) in [6.45, 7) is -0.0563. The van der Waals surface area contributed by atoms with Crippen molar-refractivity contribution < 1.29 is 24.0 Å². The van der Waals surface area contributed by atoms with E-state index in [4.69, 9.17) is 21.9 Å². The number of amides is 3. The second-order valence-electron chi connectivity index (χ2n) is 8.69. The lowest BCUT2D eigenvalue weighted by atomic mass is 9.93. The molecule has 0 heterocycles. The molecule has 3 amide bonds. The van der Waals surface area contributed by atoms with Crippen LogP contribution in [0, 0.1) is 10.1 Å². The number of benzene rings is 1. The zero-order chi connectivity index (χ0) is 27.4. The van der Waals surface area contributed by atoms with Crippen LogP contribution in [0.2, 0.25) is 0 Å². The Balaban J connectivity index is 2.20. The molecule has 0 bridgehead atoms. The van der Waals surface area contributed by atoms with Crippen LogP contribution in [-0.2, 0) is 19.1 Å². The van der Waals surface area contributed by atoms with E-state index in [9.17, 15) is 24.5 Å². The van der Waals surface area contributed by atoms with Crippen molar-refractivity contribution in [1.82, 2.24) is 10.2 Å². The lowest BCUT2D eigenvalue weighted by Crippen LogP contribution is -2.59. The van der Waals surface area contributed by atoms with Gasteiger partial charge in [0.2, 0.25) is 18.0 Å². The van der Waals surface area contributed by atoms with E-state index in [1.54, 1.807) is 0 Å². The maximum atomic E-state index is 13.3. The van der Waals surface area contributed by atoms with Crippen LogP contribution < -0.4 is 27.8 Å². The zero-order valence-corrected chi connectivity index (χ0v) is 20.9. The van der Waals surface area contributed by atoms with Gasteiger partial charge in [0.25, 0.3) is 11.6 Å². The molecule has 204 valence electrons. The molecule has 0 saturated heterocycles. The molecule has 1 saturated carbocycles. The number of aliphatic imine (C=N–C) groups is 1. The predicted octanol–water partition coefficient (Wildman–Crippen LogP) is 0.164. The minimum absolute atomic E-state index is 0.0983. The fourth-order valence-corrected chi connectivity index (χ4v) is 4.25. The van der Waals surface area contributed by atoms with Crippen LogP contribution in [0.5, 0.6) is 0 Å². The Morgan fingerprint density at radius 1 is 1.16 bits per heavy atom. The van der Waals surface area contributed by atoms with Gasteiger partial charge in [-0.3, -0.25) is 29.5 Å². The van der Waals surface area contributed by atoms with Crippen LogP contribution >= 0.6 is 0 Å². The van der Waals surface area contributed by atoms with Crippen molar-refractivity contribution in [2.24, 2.45) is 22.2 Å². The summed E-state index contributed by atoms with van der Waals surface area (Å²) in [6.07, 6.45) is 3.60. The number of carbonyl (C=O) groups excluding carboxylic acids is 3. The second-order valence-corrected chi connectivity index (χ2v) is 8.69. The van der Waals surface area contributed by atoms with E-state index in [0.717, 1.165) is 32.1 Å². The van der Waals surface area contributed by atoms with Gasteiger partial charge in [0.05, 0.1) is 11.5 Å². The summed E-state index contributed by atoms with van der Waals surface area (Å²) in [6, 6.07) is 4.05. The van der Waals surface area contributed by atoms with Gasteiger partial charge >= 0.3 is 0 Å². The molecular formula is C23H36N8O6. The van der Waals surface area contributed by atoms with Gasteiger partial charge < -0.3 is 37.5 Å². The normalized spacial score (nSPS) is 15.2. The molecule has 0 aliphatic heterocycles. The number of anilines is 1. The van der Waals surface area contributed by atoms with Crippen LogP contribution in [0.15, 0.2) is 29.3 Å². The van der Waals surface area contributed by atoms with Crippen molar-refractivity contribution in [1.29, 1.82) is 0 Å². The summed E-state index contributed by atoms with van der Waals surface area (Å²) in [5.74, 6) is -1.75. The number of rotatable bonds is 13. The number of methoxy groups -OCH3 is 1. The molecule has 1 fully saturated rings. The van der Waals surface area contributed by atoms with Crippen LogP contribution in [0.1, 0.15) is 44.9 Å². The topological polar surface area (TPSA) is 221 Å². The van der Waals surface area contributed by atoms with Crippen molar-refractivity contribution in [2.75, 3.05) is 25.5 Å². The van der Waals surface area contributed by atoms with Gasteiger partial charge in [-0.25, -0.2) is 0 Å². The predicted molar refractivity (Wildman–Crippen MR) is 137 cm³/mol. The van der Waals surface area contributed by atoms with Crippen molar-refractivity contribution in [2.45, 2.75) is 63.3 Å². The number of non-ortho nitro benzene ring substituents is 1. The van der Waals surface area contributed by atoms with Crippen LogP contribution in [0.4, 0.5) is 11.4 Å². The van der Waals surface area contributed by atoms with E-state index < -0.39 is 34.9 Å². The van der Waals surface area contributed by atoms with Gasteiger partial charge in [0, 0.05) is 37.5 Å². The number of guanidine groups is 1. The molecule has 0 radical (unpaired) electrons. The molecule has 0 spiro atoms. The van der Waals surface area contributed by atoms with E-state index in [-0.39, 0.29) is 37.2 Å². The van der Waals surface area contributed by atoms with Gasteiger partial charge in [-0.15, -0.1) is 0 Å². The highest BCUT2D eigenvalue weighted by Gasteiger charge is 2.36. The highest BCUT2D eigenvalue weighted by molar-refractivity contribution is 5.98. The molecule has 2 rings (SSSR count). The minimum atomic E-state index is -1.27. The van der Waals surface area contributed by atoms with E-state index in [1.165, 1.54) is 36.3 Å². The number of ether oxygens (including phenoxy) is 1. The summed E-state index contributed by atoms with van der Waals surface area (Å²) in [5.41, 5.74) is 16.5. The summed E-state index contributed by atoms with van der Waals surface area (Å²) >= 11 is 0. The molecule has 1 aromatic carbocycles. The van der Waals surface area contributed by atoms with Crippen LogP contribution in [0.3, 0.4) is 0 Å². The quantitative estimate of drug-likeness (QED) is 0.0596. The van der Waals surface area contributed by atoms with Crippen molar-refractivity contribution in [3.63, 3.8) is 0 Å². The Labute approximate surface area is 215 Å². The Hall–Kier alpha value is -3.78. The number of nitrogens with one attached hydrogen (secondary N) is 2. The van der Waals surface area contributed by atoms with E-state index in [2.05, 4.69) is 15.6 Å². The Kier molecular flexibility index (Phi) is 11.7. The van der Waals surface area contributed by atoms with Gasteiger partial charge in [-0.1, -0.05) is 19.3 Å². The molecule has 1 aliphatic rings. The van der Waals surface area contributed by atoms with Crippen LogP contribution in [0.25, 0.3) is 0 Å². The molecule has 1 aromatic rings. The average molecular weight is 521 g/mol. The fraction of sp³-hybridized carbons (Fsp3) is 0.565. The summed E-state index contributed by atoms with van der Waals surface area (Å²) in [4.78, 5) is 54.7. The summed E-state index contributed by atoms with van der Waals surface area (Å²) < 4.78 is 5.43. The SMILES string of the molecule is CO[C@@H](C(=O)N[C@@H](CCCN=C(N)N)C(=O)Nc1ccc([N+](=O)[O-])cc1)N(C(=O)CN)C1CCCCC1. The molecule has 2 atom stereocenters. The highest BCUT2D eigenvalue weighted by atomic mass is 16.6. The van der Waals surface area contributed by atoms with Gasteiger partial charge in [-0.2, -0.15) is 0 Å². The molecular weight excluding hydrogens is 484 g/mol. The number of nitro groups is 1. The molecule has 0 unspecified atom stereocenters. The lowest BCUT2D eigenvalue weighted by molar-refractivity contribution is -0.384. The van der Waals surface area contributed by atoms with Crippen molar-refractivity contribution in [3.8, 4) is 0 Å². The smallest absolute Gasteiger partial charge is 0.270 e. The standard InChI is InChI=1S/C23H36N8O6/c1-37-22(30(19(32)14-24)16-6-3-2-4-7-16)21(34)29-18(8-5-13-27-23(25)26)20(33)28-15-9-11-17(12-10-15)31(35)36/h9-12,16,18,22H,2-8,13-14,24H2,1H3,(H,28,33)(H,29,34)(H4,25,26,27)/t18-,22-/m0/s1. The minimum Gasteiger partial charge on any atom is -0.370 e. The third-order valence-electron chi connectivity index (χ3n) is 6.05. The highest BCUT2D eigenvalue weighted by Crippen LogP contribution is 2.25. The average Bonchev–Trinajstić information content (AvgIpc) is 2.88. The maximum Gasteiger partial charge on any atom is 0.270 e. The number of nitrogens with zero attached hydrogens (tertiary/aromatic N) is 3. The number of hydrogen-bond acceptors (Lipinski definition) is 8. The number of nitro benzene ring substituents is 1. The largest absolute Gasteiger partial charge is 0.370 e. The molecule has 37 heavy (non-hydrogen) atoms. The summed E-state index contributed by atoms with van der Waals surface area (Å²) in [7, 11) is 1.31. The Morgan fingerprint density at radius 2 is 1.81 bits per heavy atom. The van der Waals surface area contributed by atoms with Gasteiger partial charge in [0.15, 0.2) is 5.96 Å². The van der Waals surface area contributed by atoms with Crippen LogP contribution in [-0.4, -0.2) is 72.0 Å². The van der Waals surface area contributed by atoms with Crippen molar-refractivity contribution in [3.05, 3.63) is 34.4 Å². The summed E-state index contributed by atoms with van der Waals surface area (Å²) in [5, 5.41) is 16.2. The first-order valence-corrected chi connectivity index (χ1v) is 12.1. The molecule has 0 aromatic heterocycles. The first-order chi connectivity index (χ1) is 17.7. The monoisotopic (exact) mass is 520 g/mol. The first kappa shape index (κ1) is 29.5.